The molecule has 2 heterocycles. The number of rotatable bonds is 37. The molecule has 5 aromatic rings. The minimum Gasteiger partial charge on any atom is -0.481 e. The SMILES string of the molecule is C[C@H](NC(=O)[C@H](CC(=O)O)NC(=O)CC[C@H](NC(=O)c1ccc(NCc2cnc3nc(N)[nH]c(=O)c3n2)cc1)C(=O)O)C(=O)N[C@@H](CC(=O)O)C(=O)N[C@@H](CNC(=O)CCSCC1c2ccccc2-c2ccccc21)C(=O)N[C@@H](CSSCCOC=O)C(=O)O. The van der Waals surface area contributed by atoms with E-state index in [2.05, 4.69) is 79.3 Å². The normalized spacial score (nSPS) is 13.4. The molecule has 7 amide bonds. The van der Waals surface area contributed by atoms with Crippen LogP contribution >= 0.6 is 33.3 Å². The van der Waals surface area contributed by atoms with Gasteiger partial charge in [0.05, 0.1) is 31.3 Å². The number of carbonyl (C=O) groups is 12. The minimum absolute atomic E-state index is 0.0129. The average molecular weight is 1300 g/mol. The lowest BCUT2D eigenvalue weighted by Gasteiger charge is -2.25. The van der Waals surface area contributed by atoms with E-state index in [0.717, 1.165) is 50.8 Å². The molecule has 90 heavy (non-hydrogen) atoms. The van der Waals surface area contributed by atoms with Gasteiger partial charge in [-0.2, -0.15) is 16.7 Å². The number of fused-ring (bicyclic) bond motifs is 4. The summed E-state index contributed by atoms with van der Waals surface area (Å²) in [6.45, 7) is 0.756. The van der Waals surface area contributed by atoms with Crippen LogP contribution in [-0.4, -0.2) is 184 Å². The topological polar surface area (TPSA) is 489 Å². The minimum atomic E-state index is -2.01. The number of hydrogen-bond donors (Lipinski definition) is 14. The van der Waals surface area contributed by atoms with Gasteiger partial charge in [0.1, 0.15) is 42.9 Å². The third-order valence-electron chi connectivity index (χ3n) is 13.3. The zero-order valence-corrected chi connectivity index (χ0v) is 50.2. The molecule has 478 valence electrons. The van der Waals surface area contributed by atoms with Gasteiger partial charge in [-0.15, -0.1) is 0 Å². The molecular weight excluding hydrogens is 1240 g/mol. The molecule has 15 N–H and O–H groups in total. The van der Waals surface area contributed by atoms with Crippen LogP contribution in [-0.2, 0) is 64.0 Å². The van der Waals surface area contributed by atoms with Gasteiger partial charge < -0.3 is 73.4 Å². The highest BCUT2D eigenvalue weighted by Gasteiger charge is 2.34. The van der Waals surface area contributed by atoms with Gasteiger partial charge in [-0.3, -0.25) is 57.7 Å². The number of hydrogen-bond acceptors (Lipinski definition) is 22. The number of aromatic amines is 1. The molecule has 0 aliphatic heterocycles. The third kappa shape index (κ3) is 20.9. The van der Waals surface area contributed by atoms with E-state index >= 15 is 0 Å². The lowest BCUT2D eigenvalue weighted by Crippen LogP contribution is -2.60. The molecule has 31 nitrogen and oxygen atoms in total. The summed E-state index contributed by atoms with van der Waals surface area (Å²) in [4.78, 5) is 180. The van der Waals surface area contributed by atoms with Gasteiger partial charge in [-0.25, -0.2) is 19.6 Å². The van der Waals surface area contributed by atoms with Crippen molar-refractivity contribution in [2.75, 3.05) is 47.2 Å². The van der Waals surface area contributed by atoms with E-state index in [-0.39, 0.29) is 66.1 Å². The van der Waals surface area contributed by atoms with Gasteiger partial charge in [-0.05, 0) is 59.9 Å². The molecule has 2 aromatic heterocycles. The molecule has 0 bridgehead atoms. The van der Waals surface area contributed by atoms with Gasteiger partial charge in [0.2, 0.25) is 41.4 Å². The zero-order chi connectivity index (χ0) is 65.4. The van der Waals surface area contributed by atoms with Crippen LogP contribution in [0.5, 0.6) is 0 Å². The average Bonchev–Trinajstić information content (AvgIpc) is 1.65. The van der Waals surface area contributed by atoms with Crippen LogP contribution in [0.4, 0.5) is 11.6 Å². The summed E-state index contributed by atoms with van der Waals surface area (Å²) in [7, 11) is 2.13. The van der Waals surface area contributed by atoms with Crippen LogP contribution in [0.15, 0.2) is 83.8 Å². The summed E-state index contributed by atoms with van der Waals surface area (Å²) in [5.41, 5.74) is 10.4. The van der Waals surface area contributed by atoms with Crippen molar-refractivity contribution in [1.29, 1.82) is 0 Å². The summed E-state index contributed by atoms with van der Waals surface area (Å²) < 4.78 is 4.61. The van der Waals surface area contributed by atoms with Gasteiger partial charge >= 0.3 is 23.9 Å². The quantitative estimate of drug-likeness (QED) is 0.0141. The standard InChI is InChI=1S/C56H63N13O18S3/c1-28(61-50(79)38(20-44(73)74)63-43(72)15-14-37(54(83)84)64-49(78)29-10-12-30(13-11-29)58-22-31-23-60-47-46(62-31)53(82)69-56(57)68-47)48(77)65-39(21-45(75)76)51(80)66-40(52(81)67-41(55(85)86)26-90-89-19-17-87-27-70)24-59-42(71)16-18-88-25-36-34-8-4-2-6-32(34)33-7-3-5-9-35(33)36/h2-13,23,27-28,36-41,58H,14-22,24-26H2,1H3,(H,59,71)(H,61,79)(H,63,72)(H,64,78)(H,65,77)(H,66,80)(H,67,81)(H,73,74)(H,75,76)(H,83,84)(H,85,86)(H3,57,60,68,69,82)/t28-,37-,38-,39-,40-,41-/m0/s1. The lowest BCUT2D eigenvalue weighted by molar-refractivity contribution is -0.143. The molecule has 0 radical (unpaired) electrons. The number of H-pyrrole nitrogens is 1. The first-order chi connectivity index (χ1) is 43.0. The van der Waals surface area contributed by atoms with Crippen molar-refractivity contribution in [2.24, 2.45) is 0 Å². The summed E-state index contributed by atoms with van der Waals surface area (Å²) in [6, 6.07) is 11.1. The number of thioether (sulfide) groups is 1. The third-order valence-corrected chi connectivity index (χ3v) is 16.7. The molecule has 34 heteroatoms. The van der Waals surface area contributed by atoms with Crippen LogP contribution in [0.1, 0.15) is 72.1 Å². The number of carboxylic acid groups (broad SMARTS) is 4. The first-order valence-electron chi connectivity index (χ1n) is 27.4. The molecule has 0 unspecified atom stereocenters. The molecule has 1 aliphatic rings. The van der Waals surface area contributed by atoms with Crippen molar-refractivity contribution < 1.29 is 82.7 Å². The second kappa shape index (κ2) is 34.1. The second-order valence-electron chi connectivity index (χ2n) is 19.8. The number of anilines is 2. The van der Waals surface area contributed by atoms with E-state index in [1.807, 2.05) is 36.4 Å². The molecule has 6 rings (SSSR count). The zero-order valence-electron chi connectivity index (χ0n) is 47.8. The molecule has 0 fully saturated rings. The van der Waals surface area contributed by atoms with Crippen molar-refractivity contribution in [3.05, 3.63) is 112 Å². The van der Waals surface area contributed by atoms with Crippen molar-refractivity contribution in [1.82, 2.24) is 57.2 Å². The Labute approximate surface area is 523 Å². The molecule has 3 aromatic carbocycles. The molecule has 0 spiro atoms. The number of aliphatic carboxylic acids is 4. The van der Waals surface area contributed by atoms with Gasteiger partial charge in [0.25, 0.3) is 17.9 Å². The Bertz CT molecular complexity index is 3500. The number of nitrogen functional groups attached to an aromatic ring is 1. The van der Waals surface area contributed by atoms with Crippen LogP contribution in [0, 0.1) is 0 Å². The van der Waals surface area contributed by atoms with E-state index in [4.69, 9.17) is 5.73 Å². The lowest BCUT2D eigenvalue weighted by atomic mass is 9.99. The number of nitrogens with two attached hydrogens (primary N) is 1. The highest BCUT2D eigenvalue weighted by Crippen LogP contribution is 2.45. The fraction of sp³-hybridized carbons (Fsp3) is 0.357. The van der Waals surface area contributed by atoms with Crippen molar-refractivity contribution >= 4 is 128 Å². The Balaban J connectivity index is 1.02. The number of nitrogens with zero attached hydrogens (tertiary/aromatic N) is 3. The summed E-state index contributed by atoms with van der Waals surface area (Å²) in [5.74, 6) is -12.8. The maximum atomic E-state index is 13.9. The van der Waals surface area contributed by atoms with Crippen LogP contribution in [0.3, 0.4) is 0 Å². The van der Waals surface area contributed by atoms with Crippen molar-refractivity contribution in [3.63, 3.8) is 0 Å². The summed E-state index contributed by atoms with van der Waals surface area (Å²) in [6.07, 6.45) is -2.11. The van der Waals surface area contributed by atoms with Crippen molar-refractivity contribution in [2.45, 2.75) is 87.7 Å². The molecule has 6 atom stereocenters. The fourth-order valence-corrected chi connectivity index (χ4v) is 11.9. The first kappa shape index (κ1) is 69.3. The van der Waals surface area contributed by atoms with E-state index in [1.165, 1.54) is 42.2 Å². The van der Waals surface area contributed by atoms with Gasteiger partial charge in [-0.1, -0.05) is 70.1 Å². The van der Waals surface area contributed by atoms with Crippen LogP contribution in [0.25, 0.3) is 22.3 Å². The number of aromatic nitrogens is 4. The smallest absolute Gasteiger partial charge is 0.327 e. The van der Waals surface area contributed by atoms with E-state index in [1.54, 1.807) is 0 Å². The maximum absolute atomic E-state index is 13.9. The molecular formula is C56H63N13O18S3. The first-order valence-corrected chi connectivity index (χ1v) is 31.0. The monoisotopic (exact) mass is 1300 g/mol. The molecule has 0 saturated carbocycles. The number of benzene rings is 3. The Hall–Kier alpha value is -9.83. The fourth-order valence-electron chi connectivity index (χ4n) is 8.82. The molecule has 1 aliphatic carbocycles. The Morgan fingerprint density at radius 2 is 1.28 bits per heavy atom. The summed E-state index contributed by atoms with van der Waals surface area (Å²) >= 11 is 1.50. The van der Waals surface area contributed by atoms with E-state index in [9.17, 15) is 82.8 Å². The highest BCUT2D eigenvalue weighted by molar-refractivity contribution is 8.76. The largest absolute Gasteiger partial charge is 0.481 e. The number of amides is 7. The predicted octanol–water partition coefficient (Wildman–Crippen LogP) is -0.0451. The van der Waals surface area contributed by atoms with E-state index < -0.39 is 139 Å². The van der Waals surface area contributed by atoms with Crippen LogP contribution in [0.2, 0.25) is 0 Å². The van der Waals surface area contributed by atoms with Gasteiger partial charge in [0.15, 0.2) is 11.2 Å². The Morgan fingerprint density at radius 1 is 0.678 bits per heavy atom. The number of carboxylic acids is 4. The number of nitrogens with one attached hydrogen (secondary N) is 9. The number of ether oxygens (including phenoxy) is 1. The number of carbonyl (C=O) groups excluding carboxylic acids is 8. The Morgan fingerprint density at radius 3 is 1.91 bits per heavy atom. The second-order valence-corrected chi connectivity index (χ2v) is 23.6. The van der Waals surface area contributed by atoms with Crippen LogP contribution < -0.4 is 53.8 Å². The highest BCUT2D eigenvalue weighted by atomic mass is 33.1. The van der Waals surface area contributed by atoms with Crippen molar-refractivity contribution in [3.8, 4) is 11.1 Å². The molecule has 0 saturated heterocycles. The summed E-state index contributed by atoms with van der Waals surface area (Å²) in [5, 5.41) is 58.1. The maximum Gasteiger partial charge on any atom is 0.327 e. The van der Waals surface area contributed by atoms with E-state index in [0.29, 0.717) is 22.9 Å². The predicted molar refractivity (Wildman–Crippen MR) is 327 cm³/mol. The Kier molecular flexibility index (Phi) is 26.2. The van der Waals surface area contributed by atoms with Gasteiger partial charge in [0, 0.05) is 59.6 Å².